The molecule has 0 aliphatic carbocycles. The average Bonchev–Trinajstić information content (AvgIpc) is 2.65. The van der Waals surface area contributed by atoms with Crippen molar-refractivity contribution in [3.63, 3.8) is 0 Å². The standard InChI is InChI=1S/C20H18N2O4/c1-12(13-7-8-17(23)19(11-13)26-2)21-22-20(25)16-9-14-5-3-4-6-15(14)10-18(16)24/h3-11,23-24H,1-2H3,(H,22,25)/b21-12+. The highest BCUT2D eigenvalue weighted by molar-refractivity contribution is 6.03. The first kappa shape index (κ1) is 17.3. The van der Waals surface area contributed by atoms with Gasteiger partial charge in [-0.15, -0.1) is 0 Å². The molecule has 0 aromatic heterocycles. The summed E-state index contributed by atoms with van der Waals surface area (Å²) in [4.78, 5) is 12.4. The normalized spacial score (nSPS) is 11.4. The van der Waals surface area contributed by atoms with Crippen LogP contribution < -0.4 is 10.2 Å². The van der Waals surface area contributed by atoms with Gasteiger partial charge in [0.25, 0.3) is 5.91 Å². The topological polar surface area (TPSA) is 91.2 Å². The van der Waals surface area contributed by atoms with Crippen molar-refractivity contribution in [3.05, 3.63) is 65.7 Å². The highest BCUT2D eigenvalue weighted by atomic mass is 16.5. The summed E-state index contributed by atoms with van der Waals surface area (Å²) >= 11 is 0. The number of nitrogens with one attached hydrogen (secondary N) is 1. The lowest BCUT2D eigenvalue weighted by molar-refractivity contribution is 0.0952. The second-order valence-electron chi connectivity index (χ2n) is 5.74. The fourth-order valence-corrected chi connectivity index (χ4v) is 2.57. The van der Waals surface area contributed by atoms with E-state index >= 15 is 0 Å². The minimum Gasteiger partial charge on any atom is -0.507 e. The van der Waals surface area contributed by atoms with Crippen molar-refractivity contribution in [2.24, 2.45) is 5.10 Å². The molecule has 0 heterocycles. The molecule has 0 unspecified atom stereocenters. The van der Waals surface area contributed by atoms with E-state index in [9.17, 15) is 15.0 Å². The Bertz CT molecular complexity index is 1010. The Hall–Kier alpha value is -3.54. The number of aromatic hydroxyl groups is 2. The predicted molar refractivity (Wildman–Crippen MR) is 99.9 cm³/mol. The summed E-state index contributed by atoms with van der Waals surface area (Å²) in [5, 5.41) is 25.5. The molecular weight excluding hydrogens is 332 g/mol. The van der Waals surface area contributed by atoms with Crippen molar-refractivity contribution in [3.8, 4) is 17.2 Å². The molecule has 0 bridgehead atoms. The number of fused-ring (bicyclic) bond motifs is 1. The molecule has 26 heavy (non-hydrogen) atoms. The number of phenolic OH excluding ortho intramolecular Hbond substituents is 2. The number of amides is 1. The van der Waals surface area contributed by atoms with Crippen LogP contribution in [-0.2, 0) is 0 Å². The number of hydrogen-bond acceptors (Lipinski definition) is 5. The van der Waals surface area contributed by atoms with Gasteiger partial charge in [-0.3, -0.25) is 4.79 Å². The first-order valence-corrected chi connectivity index (χ1v) is 7.93. The fraction of sp³-hybridized carbons (Fsp3) is 0.100. The van der Waals surface area contributed by atoms with Crippen LogP contribution in [0.25, 0.3) is 10.8 Å². The van der Waals surface area contributed by atoms with Gasteiger partial charge in [-0.05, 0) is 48.0 Å². The van der Waals surface area contributed by atoms with Gasteiger partial charge in [0.15, 0.2) is 11.5 Å². The van der Waals surface area contributed by atoms with E-state index in [1.165, 1.54) is 13.2 Å². The Morgan fingerprint density at radius 1 is 1.00 bits per heavy atom. The summed E-state index contributed by atoms with van der Waals surface area (Å²) in [6, 6.07) is 15.4. The zero-order valence-electron chi connectivity index (χ0n) is 14.4. The molecule has 0 spiro atoms. The predicted octanol–water partition coefficient (Wildman–Crippen LogP) is 3.41. The monoisotopic (exact) mass is 350 g/mol. The van der Waals surface area contributed by atoms with Crippen LogP contribution in [0.3, 0.4) is 0 Å². The molecule has 3 N–H and O–H groups in total. The van der Waals surface area contributed by atoms with Gasteiger partial charge in [0, 0.05) is 5.56 Å². The molecule has 0 atom stereocenters. The Kier molecular flexibility index (Phi) is 4.75. The molecule has 0 saturated carbocycles. The van der Waals surface area contributed by atoms with Crippen LogP contribution >= 0.6 is 0 Å². The Morgan fingerprint density at radius 3 is 2.38 bits per heavy atom. The summed E-state index contributed by atoms with van der Waals surface area (Å²) in [7, 11) is 1.45. The number of carbonyl (C=O) groups excluding carboxylic acids is 1. The van der Waals surface area contributed by atoms with E-state index in [0.717, 1.165) is 10.8 Å². The summed E-state index contributed by atoms with van der Waals surface area (Å²) in [6.45, 7) is 1.71. The molecule has 3 aromatic carbocycles. The van der Waals surface area contributed by atoms with Gasteiger partial charge in [-0.2, -0.15) is 5.10 Å². The zero-order chi connectivity index (χ0) is 18.7. The minimum atomic E-state index is -0.515. The van der Waals surface area contributed by atoms with Crippen molar-refractivity contribution >= 4 is 22.4 Å². The van der Waals surface area contributed by atoms with E-state index in [0.29, 0.717) is 17.0 Å². The van der Waals surface area contributed by atoms with Crippen LogP contribution in [0.2, 0.25) is 0 Å². The maximum absolute atomic E-state index is 12.4. The average molecular weight is 350 g/mol. The lowest BCUT2D eigenvalue weighted by Crippen LogP contribution is -2.19. The third kappa shape index (κ3) is 3.44. The van der Waals surface area contributed by atoms with Crippen LogP contribution in [0, 0.1) is 0 Å². The van der Waals surface area contributed by atoms with E-state index in [-0.39, 0.29) is 17.1 Å². The Morgan fingerprint density at radius 2 is 1.69 bits per heavy atom. The number of benzene rings is 3. The quantitative estimate of drug-likeness (QED) is 0.497. The van der Waals surface area contributed by atoms with Crippen molar-refractivity contribution in [2.75, 3.05) is 7.11 Å². The van der Waals surface area contributed by atoms with Crippen molar-refractivity contribution < 1.29 is 19.7 Å². The van der Waals surface area contributed by atoms with Gasteiger partial charge in [0.1, 0.15) is 5.75 Å². The highest BCUT2D eigenvalue weighted by Crippen LogP contribution is 2.27. The summed E-state index contributed by atoms with van der Waals surface area (Å²) in [5.74, 6) is -0.288. The van der Waals surface area contributed by atoms with Gasteiger partial charge >= 0.3 is 0 Å². The molecule has 1 amide bonds. The molecule has 6 nitrogen and oxygen atoms in total. The van der Waals surface area contributed by atoms with Crippen LogP contribution in [0.4, 0.5) is 0 Å². The maximum atomic E-state index is 12.4. The largest absolute Gasteiger partial charge is 0.507 e. The molecule has 0 fully saturated rings. The van der Waals surface area contributed by atoms with Crippen LogP contribution in [-0.4, -0.2) is 28.9 Å². The third-order valence-corrected chi connectivity index (χ3v) is 4.03. The van der Waals surface area contributed by atoms with Gasteiger partial charge in [0.2, 0.25) is 0 Å². The van der Waals surface area contributed by atoms with Crippen molar-refractivity contribution in [1.29, 1.82) is 0 Å². The summed E-state index contributed by atoms with van der Waals surface area (Å²) in [6.07, 6.45) is 0. The molecule has 0 aliphatic rings. The molecule has 0 radical (unpaired) electrons. The lowest BCUT2D eigenvalue weighted by atomic mass is 10.1. The molecule has 3 aromatic rings. The van der Waals surface area contributed by atoms with E-state index in [2.05, 4.69) is 10.5 Å². The van der Waals surface area contributed by atoms with E-state index < -0.39 is 5.91 Å². The molecule has 0 aliphatic heterocycles. The third-order valence-electron chi connectivity index (χ3n) is 4.03. The van der Waals surface area contributed by atoms with Gasteiger partial charge in [-0.1, -0.05) is 24.3 Å². The van der Waals surface area contributed by atoms with Crippen molar-refractivity contribution in [2.45, 2.75) is 6.92 Å². The van der Waals surface area contributed by atoms with Gasteiger partial charge in [-0.25, -0.2) is 5.43 Å². The Balaban J connectivity index is 1.83. The highest BCUT2D eigenvalue weighted by Gasteiger charge is 2.12. The molecule has 132 valence electrons. The molecule has 0 saturated heterocycles. The molecule has 3 rings (SSSR count). The number of ether oxygens (including phenoxy) is 1. The first-order chi connectivity index (χ1) is 12.5. The van der Waals surface area contributed by atoms with Crippen LogP contribution in [0.1, 0.15) is 22.8 Å². The number of phenols is 2. The summed E-state index contributed by atoms with van der Waals surface area (Å²) in [5.41, 5.74) is 3.79. The fourth-order valence-electron chi connectivity index (χ4n) is 2.57. The maximum Gasteiger partial charge on any atom is 0.275 e. The number of nitrogens with zero attached hydrogens (tertiary/aromatic N) is 1. The molecule has 6 heteroatoms. The number of hydrazone groups is 1. The number of rotatable bonds is 4. The second kappa shape index (κ2) is 7.14. The summed E-state index contributed by atoms with van der Waals surface area (Å²) < 4.78 is 5.06. The van der Waals surface area contributed by atoms with Crippen LogP contribution in [0.5, 0.6) is 17.2 Å². The first-order valence-electron chi connectivity index (χ1n) is 7.93. The smallest absolute Gasteiger partial charge is 0.275 e. The SMILES string of the molecule is COc1cc(/C(C)=N/NC(=O)c2cc3ccccc3cc2O)ccc1O. The number of carbonyl (C=O) groups is 1. The van der Waals surface area contributed by atoms with Crippen molar-refractivity contribution in [1.82, 2.24) is 5.43 Å². The lowest BCUT2D eigenvalue weighted by Gasteiger charge is -2.08. The van der Waals surface area contributed by atoms with Gasteiger partial charge < -0.3 is 14.9 Å². The number of hydrogen-bond donors (Lipinski definition) is 3. The Labute approximate surface area is 150 Å². The van der Waals surface area contributed by atoms with E-state index in [1.54, 1.807) is 31.2 Å². The van der Waals surface area contributed by atoms with Crippen LogP contribution in [0.15, 0.2) is 59.7 Å². The number of methoxy groups -OCH3 is 1. The molecular formula is C20H18N2O4. The van der Waals surface area contributed by atoms with E-state index in [1.807, 2.05) is 24.3 Å². The second-order valence-corrected chi connectivity index (χ2v) is 5.74. The van der Waals surface area contributed by atoms with E-state index in [4.69, 9.17) is 4.74 Å². The van der Waals surface area contributed by atoms with Gasteiger partial charge in [0.05, 0.1) is 18.4 Å². The minimum absolute atomic E-state index is 0.0224. The zero-order valence-corrected chi connectivity index (χ0v) is 14.4.